The van der Waals surface area contributed by atoms with Gasteiger partial charge in [-0.1, -0.05) is 27.7 Å². The zero-order valence-corrected chi connectivity index (χ0v) is 7.56. The zero-order chi connectivity index (χ0) is 7.86. The van der Waals surface area contributed by atoms with Crippen molar-refractivity contribution in [1.29, 1.82) is 0 Å². The summed E-state index contributed by atoms with van der Waals surface area (Å²) in [4.78, 5) is 0. The molecule has 0 spiro atoms. The van der Waals surface area contributed by atoms with Crippen LogP contribution in [-0.4, -0.2) is 13.2 Å². The highest BCUT2D eigenvalue weighted by atomic mass is 16.5. The Bertz CT molecular complexity index is 41.8. The van der Waals surface area contributed by atoms with E-state index in [1.54, 1.807) is 7.11 Å². The van der Waals surface area contributed by atoms with Crippen molar-refractivity contribution in [2.24, 2.45) is 5.92 Å². The SMILES string of the molecule is CC.COC(C)C(C)C. The lowest BCUT2D eigenvalue weighted by molar-refractivity contribution is 0.0805. The summed E-state index contributed by atoms with van der Waals surface area (Å²) >= 11 is 0. The first-order chi connectivity index (χ1) is 4.18. The summed E-state index contributed by atoms with van der Waals surface area (Å²) in [5.41, 5.74) is 0. The van der Waals surface area contributed by atoms with Crippen molar-refractivity contribution in [2.45, 2.75) is 40.7 Å². The molecule has 0 aromatic heterocycles. The van der Waals surface area contributed by atoms with Gasteiger partial charge in [-0.25, -0.2) is 0 Å². The highest BCUT2D eigenvalue weighted by Gasteiger charge is 2.01. The Balaban J connectivity index is 0. The lowest BCUT2D eigenvalue weighted by atomic mass is 10.1. The molecule has 0 rings (SSSR count). The number of ether oxygens (including phenoxy) is 1. The standard InChI is InChI=1S/C6H14O.C2H6/c1-5(2)6(3)7-4;1-2/h5-6H,1-4H3;1-2H3. The molecule has 9 heavy (non-hydrogen) atoms. The second-order valence-electron chi connectivity index (χ2n) is 2.18. The molecule has 0 aliphatic rings. The predicted molar refractivity (Wildman–Crippen MR) is 42.7 cm³/mol. The molecule has 1 nitrogen and oxygen atoms in total. The van der Waals surface area contributed by atoms with Gasteiger partial charge in [-0.15, -0.1) is 0 Å². The molecule has 1 unspecified atom stereocenters. The van der Waals surface area contributed by atoms with Crippen LogP contribution in [-0.2, 0) is 4.74 Å². The van der Waals surface area contributed by atoms with E-state index in [9.17, 15) is 0 Å². The largest absolute Gasteiger partial charge is 0.381 e. The summed E-state index contributed by atoms with van der Waals surface area (Å²) in [6.07, 6.45) is 0.403. The van der Waals surface area contributed by atoms with Crippen LogP contribution >= 0.6 is 0 Å². The van der Waals surface area contributed by atoms with Gasteiger partial charge in [-0.2, -0.15) is 0 Å². The second kappa shape index (κ2) is 7.96. The Labute approximate surface area is 59.4 Å². The third kappa shape index (κ3) is 7.96. The lowest BCUT2D eigenvalue weighted by Gasteiger charge is -2.11. The number of hydrogen-bond acceptors (Lipinski definition) is 1. The Morgan fingerprint density at radius 1 is 1.00 bits per heavy atom. The van der Waals surface area contributed by atoms with Crippen LogP contribution in [0.3, 0.4) is 0 Å². The van der Waals surface area contributed by atoms with Crippen LogP contribution in [0.25, 0.3) is 0 Å². The van der Waals surface area contributed by atoms with Crippen LogP contribution in [0.15, 0.2) is 0 Å². The maximum absolute atomic E-state index is 5.01. The van der Waals surface area contributed by atoms with Gasteiger partial charge < -0.3 is 4.74 Å². The first kappa shape index (κ1) is 11.7. The molecule has 0 saturated carbocycles. The summed E-state index contributed by atoms with van der Waals surface area (Å²) < 4.78 is 5.01. The fraction of sp³-hybridized carbons (Fsp3) is 1.00. The van der Waals surface area contributed by atoms with Gasteiger partial charge in [0.15, 0.2) is 0 Å². The first-order valence-corrected chi connectivity index (χ1v) is 3.71. The van der Waals surface area contributed by atoms with Gasteiger partial charge in [0.2, 0.25) is 0 Å². The van der Waals surface area contributed by atoms with E-state index in [0.29, 0.717) is 12.0 Å². The van der Waals surface area contributed by atoms with Crippen molar-refractivity contribution in [2.75, 3.05) is 7.11 Å². The fourth-order valence-corrected chi connectivity index (χ4v) is 0.272. The van der Waals surface area contributed by atoms with E-state index in [1.807, 2.05) is 13.8 Å². The van der Waals surface area contributed by atoms with Crippen LogP contribution in [0.2, 0.25) is 0 Å². The molecule has 0 N–H and O–H groups in total. The third-order valence-electron chi connectivity index (χ3n) is 1.31. The van der Waals surface area contributed by atoms with E-state index in [2.05, 4.69) is 20.8 Å². The topological polar surface area (TPSA) is 9.23 Å². The normalized spacial score (nSPS) is 12.3. The first-order valence-electron chi connectivity index (χ1n) is 3.71. The fourth-order valence-electron chi connectivity index (χ4n) is 0.272. The highest BCUT2D eigenvalue weighted by molar-refractivity contribution is 4.51. The highest BCUT2D eigenvalue weighted by Crippen LogP contribution is 2.01. The Morgan fingerprint density at radius 2 is 1.33 bits per heavy atom. The molecular formula is C8H20O. The van der Waals surface area contributed by atoms with Crippen LogP contribution in [0.5, 0.6) is 0 Å². The molecule has 0 saturated heterocycles. The molecule has 1 atom stereocenters. The van der Waals surface area contributed by atoms with Crippen molar-refractivity contribution in [3.63, 3.8) is 0 Å². The minimum Gasteiger partial charge on any atom is -0.381 e. The van der Waals surface area contributed by atoms with Gasteiger partial charge in [0.25, 0.3) is 0 Å². The zero-order valence-electron chi connectivity index (χ0n) is 7.56. The smallest absolute Gasteiger partial charge is 0.0566 e. The lowest BCUT2D eigenvalue weighted by Crippen LogP contribution is -2.11. The molecule has 0 aromatic rings. The second-order valence-corrected chi connectivity index (χ2v) is 2.18. The molecule has 1 heteroatoms. The molecule has 0 amide bonds. The number of methoxy groups -OCH3 is 1. The molecular weight excluding hydrogens is 112 g/mol. The molecule has 58 valence electrons. The number of rotatable bonds is 2. The molecule has 0 aliphatic heterocycles. The Morgan fingerprint density at radius 3 is 1.33 bits per heavy atom. The average Bonchev–Trinajstić information content (AvgIpc) is 1.91. The summed E-state index contributed by atoms with van der Waals surface area (Å²) in [6, 6.07) is 0. The molecule has 0 aromatic carbocycles. The van der Waals surface area contributed by atoms with Gasteiger partial charge in [0.05, 0.1) is 6.10 Å². The van der Waals surface area contributed by atoms with Gasteiger partial charge in [0, 0.05) is 7.11 Å². The molecule has 0 bridgehead atoms. The van der Waals surface area contributed by atoms with Crippen LogP contribution in [0.1, 0.15) is 34.6 Å². The maximum atomic E-state index is 5.01. The quantitative estimate of drug-likeness (QED) is 0.561. The maximum Gasteiger partial charge on any atom is 0.0566 e. The predicted octanol–water partition coefficient (Wildman–Crippen LogP) is 2.70. The molecule has 0 aliphatic carbocycles. The van der Waals surface area contributed by atoms with E-state index < -0.39 is 0 Å². The summed E-state index contributed by atoms with van der Waals surface area (Å²) in [6.45, 7) is 10.4. The van der Waals surface area contributed by atoms with Crippen molar-refractivity contribution < 1.29 is 4.74 Å². The molecule has 0 radical (unpaired) electrons. The van der Waals surface area contributed by atoms with E-state index in [4.69, 9.17) is 4.74 Å². The minimum absolute atomic E-state index is 0.403. The van der Waals surface area contributed by atoms with Gasteiger partial charge in [-0.05, 0) is 12.8 Å². The monoisotopic (exact) mass is 132 g/mol. The van der Waals surface area contributed by atoms with Gasteiger partial charge >= 0.3 is 0 Å². The van der Waals surface area contributed by atoms with Crippen molar-refractivity contribution in [3.05, 3.63) is 0 Å². The van der Waals surface area contributed by atoms with E-state index >= 15 is 0 Å². The summed E-state index contributed by atoms with van der Waals surface area (Å²) in [5.74, 6) is 0.644. The van der Waals surface area contributed by atoms with Crippen molar-refractivity contribution in [3.8, 4) is 0 Å². The minimum atomic E-state index is 0.403. The number of hydrogen-bond donors (Lipinski definition) is 0. The van der Waals surface area contributed by atoms with E-state index in [-0.39, 0.29) is 0 Å². The molecule has 0 heterocycles. The summed E-state index contributed by atoms with van der Waals surface area (Å²) in [5, 5.41) is 0. The van der Waals surface area contributed by atoms with E-state index in [0.717, 1.165) is 0 Å². The van der Waals surface area contributed by atoms with Gasteiger partial charge in [-0.3, -0.25) is 0 Å². The summed E-state index contributed by atoms with van der Waals surface area (Å²) in [7, 11) is 1.74. The van der Waals surface area contributed by atoms with Crippen molar-refractivity contribution in [1.82, 2.24) is 0 Å². The van der Waals surface area contributed by atoms with E-state index in [1.165, 1.54) is 0 Å². The van der Waals surface area contributed by atoms with Crippen LogP contribution < -0.4 is 0 Å². The van der Waals surface area contributed by atoms with Gasteiger partial charge in [0.1, 0.15) is 0 Å². The Hall–Kier alpha value is -0.0400. The third-order valence-corrected chi connectivity index (χ3v) is 1.31. The van der Waals surface area contributed by atoms with Crippen LogP contribution in [0.4, 0.5) is 0 Å². The van der Waals surface area contributed by atoms with Crippen molar-refractivity contribution >= 4 is 0 Å². The Kier molecular flexibility index (Phi) is 10.4. The average molecular weight is 132 g/mol. The van der Waals surface area contributed by atoms with Crippen LogP contribution in [0, 0.1) is 5.92 Å². The molecule has 0 fully saturated rings.